The van der Waals surface area contributed by atoms with Gasteiger partial charge in [-0.2, -0.15) is 0 Å². The van der Waals surface area contributed by atoms with Crippen LogP contribution in [0.5, 0.6) is 0 Å². The van der Waals surface area contributed by atoms with Crippen molar-refractivity contribution in [3.8, 4) is 0 Å². The summed E-state index contributed by atoms with van der Waals surface area (Å²) in [5, 5.41) is 0. The third-order valence-electron chi connectivity index (χ3n) is 4.92. The second-order valence-electron chi connectivity index (χ2n) is 6.42. The zero-order chi connectivity index (χ0) is 15.7. The molecule has 1 aromatic heterocycles. The molecule has 0 unspecified atom stereocenters. The monoisotopic (exact) mass is 323 g/mol. The smallest absolute Gasteiger partial charge is 0.263 e. The number of piperidine rings is 1. The Morgan fingerprint density at radius 1 is 1.45 bits per heavy atom. The van der Waals surface area contributed by atoms with Gasteiger partial charge < -0.3 is 14.4 Å². The van der Waals surface area contributed by atoms with Crippen molar-refractivity contribution < 1.29 is 14.3 Å². The van der Waals surface area contributed by atoms with E-state index in [-0.39, 0.29) is 17.6 Å². The number of ether oxygens (including phenoxy) is 2. The summed E-state index contributed by atoms with van der Waals surface area (Å²) < 4.78 is 11.7. The van der Waals surface area contributed by atoms with Gasteiger partial charge in [-0.1, -0.05) is 0 Å². The topological polar surface area (TPSA) is 38.8 Å². The highest BCUT2D eigenvalue weighted by Gasteiger charge is 2.43. The van der Waals surface area contributed by atoms with E-state index in [9.17, 15) is 4.79 Å². The van der Waals surface area contributed by atoms with Crippen molar-refractivity contribution in [2.24, 2.45) is 0 Å². The number of likely N-dealkylation sites (tertiary alicyclic amines) is 1. The van der Waals surface area contributed by atoms with Crippen molar-refractivity contribution in [2.75, 3.05) is 26.3 Å². The molecule has 22 heavy (non-hydrogen) atoms. The lowest BCUT2D eigenvalue weighted by Crippen LogP contribution is -2.46. The van der Waals surface area contributed by atoms with Crippen LogP contribution < -0.4 is 0 Å². The highest BCUT2D eigenvalue weighted by molar-refractivity contribution is 7.14. The molecule has 5 heteroatoms. The molecule has 4 nitrogen and oxygen atoms in total. The Balaban J connectivity index is 1.59. The molecule has 1 spiro atoms. The summed E-state index contributed by atoms with van der Waals surface area (Å²) >= 11 is 1.60. The lowest BCUT2D eigenvalue weighted by molar-refractivity contribution is -0.0406. The lowest BCUT2D eigenvalue weighted by atomic mass is 9.88. The molecule has 3 heterocycles. The van der Waals surface area contributed by atoms with Crippen molar-refractivity contribution in [1.82, 2.24) is 4.90 Å². The van der Waals surface area contributed by atoms with Gasteiger partial charge in [-0.05, 0) is 45.2 Å². The molecule has 2 fully saturated rings. The van der Waals surface area contributed by atoms with Gasteiger partial charge in [-0.15, -0.1) is 11.3 Å². The van der Waals surface area contributed by atoms with Crippen molar-refractivity contribution in [3.63, 3.8) is 0 Å². The van der Waals surface area contributed by atoms with E-state index < -0.39 is 0 Å². The molecule has 0 aliphatic carbocycles. The molecule has 0 N–H and O–H groups in total. The summed E-state index contributed by atoms with van der Waals surface area (Å²) in [6.45, 7) is 9.17. The van der Waals surface area contributed by atoms with Gasteiger partial charge in [0.05, 0.1) is 23.2 Å². The van der Waals surface area contributed by atoms with Gasteiger partial charge in [-0.25, -0.2) is 0 Å². The standard InChI is InChI=1S/C17H25NO3S/c1-4-20-14-10-17(21-11-14)5-7-18(8-6-17)16(19)15-9-12(2)13(3)22-15/h9,14H,4-8,10-11H2,1-3H3/t14-/m1/s1. The van der Waals surface area contributed by atoms with Gasteiger partial charge in [0.2, 0.25) is 0 Å². The van der Waals surface area contributed by atoms with E-state index in [0.717, 1.165) is 43.8 Å². The van der Waals surface area contributed by atoms with Crippen LogP contribution in [0, 0.1) is 13.8 Å². The zero-order valence-corrected chi connectivity index (χ0v) is 14.5. The number of carbonyl (C=O) groups excluding carboxylic acids is 1. The summed E-state index contributed by atoms with van der Waals surface area (Å²) in [6, 6.07) is 2.02. The van der Waals surface area contributed by atoms with E-state index in [0.29, 0.717) is 6.61 Å². The van der Waals surface area contributed by atoms with E-state index >= 15 is 0 Å². The molecular formula is C17H25NO3S. The minimum absolute atomic E-state index is 0.0576. The van der Waals surface area contributed by atoms with Crippen molar-refractivity contribution in [1.29, 1.82) is 0 Å². The van der Waals surface area contributed by atoms with Crippen molar-refractivity contribution in [2.45, 2.75) is 51.7 Å². The predicted octanol–water partition coefficient (Wildman–Crippen LogP) is 3.17. The molecule has 2 saturated heterocycles. The first-order valence-electron chi connectivity index (χ1n) is 8.15. The molecule has 2 aliphatic rings. The Morgan fingerprint density at radius 3 is 2.77 bits per heavy atom. The average Bonchev–Trinajstić information content (AvgIpc) is 3.04. The summed E-state index contributed by atoms with van der Waals surface area (Å²) in [5.74, 6) is 0.176. The van der Waals surface area contributed by atoms with E-state index in [1.54, 1.807) is 11.3 Å². The van der Waals surface area contributed by atoms with Crippen LogP contribution in [-0.2, 0) is 9.47 Å². The number of thiophene rings is 1. The maximum Gasteiger partial charge on any atom is 0.263 e. The lowest BCUT2D eigenvalue weighted by Gasteiger charge is -2.38. The quantitative estimate of drug-likeness (QED) is 0.857. The Bertz CT molecular complexity index is 527. The molecule has 1 amide bonds. The van der Waals surface area contributed by atoms with Crippen LogP contribution in [0.4, 0.5) is 0 Å². The SMILES string of the molecule is CCO[C@H]1COC2(CCN(C(=O)c3cc(C)c(C)s3)CC2)C1. The Kier molecular flexibility index (Phi) is 4.57. The highest BCUT2D eigenvalue weighted by Crippen LogP contribution is 2.37. The fraction of sp³-hybridized carbons (Fsp3) is 0.706. The molecule has 0 radical (unpaired) electrons. The number of carbonyl (C=O) groups is 1. The molecule has 0 aromatic carbocycles. The molecule has 0 saturated carbocycles. The van der Waals surface area contributed by atoms with Crippen LogP contribution in [-0.4, -0.2) is 48.8 Å². The number of hydrogen-bond acceptors (Lipinski definition) is 4. The molecule has 0 bridgehead atoms. The van der Waals surface area contributed by atoms with Crippen LogP contribution >= 0.6 is 11.3 Å². The first-order valence-corrected chi connectivity index (χ1v) is 8.96. The van der Waals surface area contributed by atoms with Gasteiger partial charge in [-0.3, -0.25) is 4.79 Å². The van der Waals surface area contributed by atoms with Crippen molar-refractivity contribution >= 4 is 17.2 Å². The maximum atomic E-state index is 12.6. The van der Waals surface area contributed by atoms with Crippen LogP contribution in [0.3, 0.4) is 0 Å². The minimum atomic E-state index is -0.0576. The number of nitrogens with zero attached hydrogens (tertiary/aromatic N) is 1. The average molecular weight is 323 g/mol. The van der Waals surface area contributed by atoms with Crippen LogP contribution in [0.1, 0.15) is 46.3 Å². The van der Waals surface area contributed by atoms with Crippen molar-refractivity contribution in [3.05, 3.63) is 21.4 Å². The zero-order valence-electron chi connectivity index (χ0n) is 13.7. The van der Waals surface area contributed by atoms with E-state index in [1.165, 1.54) is 10.4 Å². The maximum absolute atomic E-state index is 12.6. The molecule has 2 aliphatic heterocycles. The normalized spacial score (nSPS) is 24.1. The van der Waals surface area contributed by atoms with Gasteiger partial charge in [0.1, 0.15) is 0 Å². The van der Waals surface area contributed by atoms with E-state index in [2.05, 4.69) is 13.8 Å². The number of rotatable bonds is 3. The predicted molar refractivity (Wildman–Crippen MR) is 87.6 cm³/mol. The number of hydrogen-bond donors (Lipinski definition) is 0. The molecule has 3 rings (SSSR count). The van der Waals surface area contributed by atoms with Crippen LogP contribution in [0.25, 0.3) is 0 Å². The largest absolute Gasteiger partial charge is 0.376 e. The Labute approximate surface area is 136 Å². The van der Waals surface area contributed by atoms with Gasteiger partial charge in [0.15, 0.2) is 0 Å². The number of aryl methyl sites for hydroxylation is 2. The summed E-state index contributed by atoms with van der Waals surface area (Å²) in [4.78, 5) is 16.7. The molecular weight excluding hydrogens is 298 g/mol. The Hall–Kier alpha value is -0.910. The van der Waals surface area contributed by atoms with Gasteiger partial charge in [0, 0.05) is 31.0 Å². The van der Waals surface area contributed by atoms with E-state index in [4.69, 9.17) is 9.47 Å². The summed E-state index contributed by atoms with van der Waals surface area (Å²) in [6.07, 6.45) is 3.05. The van der Waals surface area contributed by atoms with Crippen LogP contribution in [0.15, 0.2) is 6.07 Å². The fourth-order valence-corrected chi connectivity index (χ4v) is 4.45. The van der Waals surface area contributed by atoms with Gasteiger partial charge in [0.25, 0.3) is 5.91 Å². The summed E-state index contributed by atoms with van der Waals surface area (Å²) in [7, 11) is 0. The first kappa shape index (κ1) is 16.0. The first-order chi connectivity index (χ1) is 10.5. The second-order valence-corrected chi connectivity index (χ2v) is 7.67. The Morgan fingerprint density at radius 2 is 2.18 bits per heavy atom. The third-order valence-corrected chi connectivity index (χ3v) is 6.06. The van der Waals surface area contributed by atoms with E-state index in [1.807, 2.05) is 17.9 Å². The fourth-order valence-electron chi connectivity index (χ4n) is 3.45. The van der Waals surface area contributed by atoms with Gasteiger partial charge >= 0.3 is 0 Å². The minimum Gasteiger partial charge on any atom is -0.376 e. The number of amides is 1. The highest BCUT2D eigenvalue weighted by atomic mass is 32.1. The third kappa shape index (κ3) is 3.07. The second kappa shape index (κ2) is 6.30. The molecule has 1 aromatic rings. The van der Waals surface area contributed by atoms with Crippen LogP contribution in [0.2, 0.25) is 0 Å². The molecule has 1 atom stereocenters. The molecule has 122 valence electrons. The summed E-state index contributed by atoms with van der Waals surface area (Å²) in [5.41, 5.74) is 1.15.